The van der Waals surface area contributed by atoms with Crippen LogP contribution in [-0.4, -0.2) is 20.8 Å². The summed E-state index contributed by atoms with van der Waals surface area (Å²) in [4.78, 5) is 0. The zero-order valence-electron chi connectivity index (χ0n) is 13.1. The van der Waals surface area contributed by atoms with Crippen LogP contribution in [0.25, 0.3) is 0 Å². The van der Waals surface area contributed by atoms with Crippen molar-refractivity contribution in [3.8, 4) is 17.2 Å². The van der Waals surface area contributed by atoms with E-state index in [9.17, 15) is 0 Å². The number of benzene rings is 1. The fourth-order valence-electron chi connectivity index (χ4n) is 2.21. The van der Waals surface area contributed by atoms with Crippen LogP contribution < -0.4 is 14.2 Å². The van der Waals surface area contributed by atoms with Gasteiger partial charge in [0.15, 0.2) is 11.5 Å². The Bertz CT molecular complexity index is 363. The maximum atomic E-state index is 5.79. The molecule has 0 aromatic heterocycles. The summed E-state index contributed by atoms with van der Waals surface area (Å²) in [5.74, 6) is 2.15. The second kappa shape index (κ2) is 10.4. The first-order valence-electron chi connectivity index (χ1n) is 7.67. The van der Waals surface area contributed by atoms with Crippen LogP contribution in [-0.2, 0) is 0 Å². The quantitative estimate of drug-likeness (QED) is 0.543. The molecular weight excluding hydrogens is 252 g/mol. The zero-order valence-corrected chi connectivity index (χ0v) is 13.1. The fraction of sp³-hybridized carbons (Fsp3) is 0.647. The van der Waals surface area contributed by atoms with Gasteiger partial charge in [-0.3, -0.25) is 0 Å². The molecule has 114 valence electrons. The third-order valence-electron chi connectivity index (χ3n) is 3.37. The van der Waals surface area contributed by atoms with Crippen molar-refractivity contribution in [1.82, 2.24) is 0 Å². The smallest absolute Gasteiger partial charge is 0.203 e. The van der Waals surface area contributed by atoms with E-state index in [2.05, 4.69) is 6.92 Å². The molecule has 0 atom stereocenters. The number of methoxy groups -OCH3 is 2. The summed E-state index contributed by atoms with van der Waals surface area (Å²) in [7, 11) is 3.27. The third kappa shape index (κ3) is 5.72. The molecule has 1 aromatic rings. The average molecular weight is 280 g/mol. The lowest BCUT2D eigenvalue weighted by atomic mass is 10.1. The van der Waals surface area contributed by atoms with Crippen molar-refractivity contribution in [2.45, 2.75) is 51.9 Å². The van der Waals surface area contributed by atoms with Crippen LogP contribution >= 0.6 is 0 Å². The molecule has 1 aromatic carbocycles. The molecule has 3 nitrogen and oxygen atoms in total. The Balaban J connectivity index is 2.25. The van der Waals surface area contributed by atoms with Gasteiger partial charge in [-0.1, -0.05) is 51.5 Å². The Morgan fingerprint density at radius 3 is 2.10 bits per heavy atom. The monoisotopic (exact) mass is 280 g/mol. The maximum Gasteiger partial charge on any atom is 0.203 e. The molecule has 0 saturated carbocycles. The number of hydrogen-bond acceptors (Lipinski definition) is 3. The van der Waals surface area contributed by atoms with Gasteiger partial charge >= 0.3 is 0 Å². The Kier molecular flexibility index (Phi) is 8.68. The van der Waals surface area contributed by atoms with Gasteiger partial charge in [0.05, 0.1) is 20.8 Å². The largest absolute Gasteiger partial charge is 0.493 e. The van der Waals surface area contributed by atoms with E-state index in [1.165, 1.54) is 38.5 Å². The van der Waals surface area contributed by atoms with E-state index in [0.29, 0.717) is 11.5 Å². The first-order valence-corrected chi connectivity index (χ1v) is 7.67. The van der Waals surface area contributed by atoms with Gasteiger partial charge in [0, 0.05) is 0 Å². The van der Waals surface area contributed by atoms with Crippen LogP contribution in [0, 0.1) is 0 Å². The number of hydrogen-bond donors (Lipinski definition) is 0. The lowest BCUT2D eigenvalue weighted by Gasteiger charge is -2.13. The minimum Gasteiger partial charge on any atom is -0.493 e. The topological polar surface area (TPSA) is 27.7 Å². The predicted molar refractivity (Wildman–Crippen MR) is 83.0 cm³/mol. The fourth-order valence-corrected chi connectivity index (χ4v) is 2.21. The van der Waals surface area contributed by atoms with E-state index in [0.717, 1.165) is 18.8 Å². The number of rotatable bonds is 11. The number of unbranched alkanes of at least 4 members (excludes halogenated alkanes) is 6. The molecule has 0 heterocycles. The molecule has 0 amide bonds. The van der Waals surface area contributed by atoms with E-state index in [1.807, 2.05) is 18.2 Å². The van der Waals surface area contributed by atoms with Gasteiger partial charge in [-0.05, 0) is 18.6 Å². The van der Waals surface area contributed by atoms with Crippen molar-refractivity contribution >= 4 is 0 Å². The maximum absolute atomic E-state index is 5.79. The first-order chi connectivity index (χ1) is 9.83. The van der Waals surface area contributed by atoms with E-state index >= 15 is 0 Å². The van der Waals surface area contributed by atoms with Crippen LogP contribution in [0.3, 0.4) is 0 Å². The van der Waals surface area contributed by atoms with Crippen LogP contribution in [0.5, 0.6) is 17.2 Å². The summed E-state index contributed by atoms with van der Waals surface area (Å²) in [6, 6.07) is 5.71. The third-order valence-corrected chi connectivity index (χ3v) is 3.37. The SMILES string of the molecule is CCCCCCCCCOc1cccc(OC)c1OC. The van der Waals surface area contributed by atoms with E-state index in [1.54, 1.807) is 14.2 Å². The average Bonchev–Trinajstić information content (AvgIpc) is 2.49. The van der Waals surface area contributed by atoms with E-state index in [4.69, 9.17) is 14.2 Å². The minimum atomic E-state index is 0.679. The van der Waals surface area contributed by atoms with Gasteiger partial charge in [0.25, 0.3) is 0 Å². The van der Waals surface area contributed by atoms with Gasteiger partial charge in [-0.25, -0.2) is 0 Å². The Morgan fingerprint density at radius 2 is 1.45 bits per heavy atom. The molecule has 3 heteroatoms. The van der Waals surface area contributed by atoms with Crippen molar-refractivity contribution in [2.75, 3.05) is 20.8 Å². The van der Waals surface area contributed by atoms with Crippen molar-refractivity contribution in [3.05, 3.63) is 18.2 Å². The molecule has 0 fully saturated rings. The molecular formula is C17H28O3. The molecule has 0 radical (unpaired) electrons. The number of ether oxygens (including phenoxy) is 3. The molecule has 0 saturated heterocycles. The molecule has 0 aliphatic carbocycles. The van der Waals surface area contributed by atoms with Crippen LogP contribution in [0.2, 0.25) is 0 Å². The summed E-state index contributed by atoms with van der Waals surface area (Å²) in [6.45, 7) is 2.98. The van der Waals surface area contributed by atoms with E-state index in [-0.39, 0.29) is 0 Å². The lowest BCUT2D eigenvalue weighted by molar-refractivity contribution is 0.276. The summed E-state index contributed by atoms with van der Waals surface area (Å²) in [5, 5.41) is 0. The van der Waals surface area contributed by atoms with Crippen LogP contribution in [0.15, 0.2) is 18.2 Å². The second-order valence-corrected chi connectivity index (χ2v) is 4.96. The van der Waals surface area contributed by atoms with Gasteiger partial charge < -0.3 is 14.2 Å². The Labute approximate surface area is 123 Å². The normalized spacial score (nSPS) is 10.3. The molecule has 20 heavy (non-hydrogen) atoms. The molecule has 0 N–H and O–H groups in total. The molecule has 0 spiro atoms. The summed E-state index contributed by atoms with van der Waals surface area (Å²) >= 11 is 0. The van der Waals surface area contributed by atoms with Crippen molar-refractivity contribution < 1.29 is 14.2 Å². The van der Waals surface area contributed by atoms with Gasteiger partial charge in [-0.15, -0.1) is 0 Å². The summed E-state index contributed by atoms with van der Waals surface area (Å²) in [6.07, 6.45) is 8.99. The van der Waals surface area contributed by atoms with Crippen molar-refractivity contribution in [3.63, 3.8) is 0 Å². The first kappa shape index (κ1) is 16.7. The van der Waals surface area contributed by atoms with Crippen molar-refractivity contribution in [2.24, 2.45) is 0 Å². The molecule has 0 aliphatic heterocycles. The molecule has 1 rings (SSSR count). The minimum absolute atomic E-state index is 0.679. The predicted octanol–water partition coefficient (Wildman–Crippen LogP) is 4.83. The Hall–Kier alpha value is -1.38. The zero-order chi connectivity index (χ0) is 14.6. The highest BCUT2D eigenvalue weighted by atomic mass is 16.5. The molecule has 0 aliphatic rings. The highest BCUT2D eigenvalue weighted by molar-refractivity contribution is 5.50. The highest BCUT2D eigenvalue weighted by Crippen LogP contribution is 2.36. The second-order valence-electron chi connectivity index (χ2n) is 4.96. The van der Waals surface area contributed by atoms with Gasteiger partial charge in [0.2, 0.25) is 5.75 Å². The lowest BCUT2D eigenvalue weighted by Crippen LogP contribution is -2.00. The summed E-state index contributed by atoms with van der Waals surface area (Å²) in [5.41, 5.74) is 0. The number of para-hydroxylation sites is 1. The highest BCUT2D eigenvalue weighted by Gasteiger charge is 2.09. The van der Waals surface area contributed by atoms with E-state index < -0.39 is 0 Å². The van der Waals surface area contributed by atoms with Crippen LogP contribution in [0.1, 0.15) is 51.9 Å². The van der Waals surface area contributed by atoms with Crippen molar-refractivity contribution in [1.29, 1.82) is 0 Å². The standard InChI is InChI=1S/C17H28O3/c1-4-5-6-7-8-9-10-14-20-16-13-11-12-15(18-2)17(16)19-3/h11-13H,4-10,14H2,1-3H3. The molecule has 0 unspecified atom stereocenters. The summed E-state index contributed by atoms with van der Waals surface area (Å²) < 4.78 is 16.4. The van der Waals surface area contributed by atoms with Gasteiger partial charge in [-0.2, -0.15) is 0 Å². The Morgan fingerprint density at radius 1 is 0.800 bits per heavy atom. The molecule has 0 bridgehead atoms. The van der Waals surface area contributed by atoms with Crippen LogP contribution in [0.4, 0.5) is 0 Å². The van der Waals surface area contributed by atoms with Gasteiger partial charge in [0.1, 0.15) is 0 Å².